The molecule has 128 valence electrons. The molecule has 0 saturated carbocycles. The van der Waals surface area contributed by atoms with Gasteiger partial charge < -0.3 is 15.4 Å². The summed E-state index contributed by atoms with van der Waals surface area (Å²) in [6.07, 6.45) is 3.32. The first-order valence-electron chi connectivity index (χ1n) is 7.69. The van der Waals surface area contributed by atoms with Gasteiger partial charge in [-0.1, -0.05) is 25.4 Å². The van der Waals surface area contributed by atoms with Crippen molar-refractivity contribution >= 4 is 23.3 Å². The molecule has 24 heavy (non-hydrogen) atoms. The second kappa shape index (κ2) is 8.49. The van der Waals surface area contributed by atoms with E-state index < -0.39 is 0 Å². The topological polar surface area (TPSA) is 76.1 Å². The maximum Gasteiger partial charge on any atom is 0.254 e. The highest BCUT2D eigenvalue weighted by molar-refractivity contribution is 6.31. The number of hydrogen-bond donors (Lipinski definition) is 2. The average Bonchev–Trinajstić information content (AvgIpc) is 2.58. The van der Waals surface area contributed by atoms with Crippen molar-refractivity contribution in [2.24, 2.45) is 5.92 Å². The lowest BCUT2D eigenvalue weighted by Crippen LogP contribution is -2.20. The molecule has 0 aliphatic rings. The standard InChI is InChI=1S/C17H21ClN4O2/c1-11(2)10-24-17-14(18)7-12(9-22-17)8-21-15-13(16(23)19-3)5-4-6-20-15/h4-7,9,11H,8,10H2,1-3H3,(H,19,23)(H,20,21). The predicted molar refractivity (Wildman–Crippen MR) is 94.5 cm³/mol. The van der Waals surface area contributed by atoms with Crippen LogP contribution in [-0.2, 0) is 6.54 Å². The monoisotopic (exact) mass is 348 g/mol. The summed E-state index contributed by atoms with van der Waals surface area (Å²) in [7, 11) is 1.58. The Labute approximate surface area is 146 Å². The van der Waals surface area contributed by atoms with E-state index in [1.54, 1.807) is 37.6 Å². The minimum atomic E-state index is -0.195. The van der Waals surface area contributed by atoms with Crippen molar-refractivity contribution in [1.82, 2.24) is 15.3 Å². The van der Waals surface area contributed by atoms with E-state index in [1.807, 2.05) is 0 Å². The van der Waals surface area contributed by atoms with Gasteiger partial charge >= 0.3 is 0 Å². The highest BCUT2D eigenvalue weighted by Crippen LogP contribution is 2.23. The molecule has 0 unspecified atom stereocenters. The Balaban J connectivity index is 2.05. The SMILES string of the molecule is CNC(=O)c1cccnc1NCc1cnc(OCC(C)C)c(Cl)c1. The molecule has 0 fully saturated rings. The van der Waals surface area contributed by atoms with Crippen molar-refractivity contribution in [3.8, 4) is 5.88 Å². The highest BCUT2D eigenvalue weighted by atomic mass is 35.5. The number of hydrogen-bond acceptors (Lipinski definition) is 5. The van der Waals surface area contributed by atoms with Gasteiger partial charge in [0.15, 0.2) is 0 Å². The first kappa shape index (κ1) is 18.0. The summed E-state index contributed by atoms with van der Waals surface area (Å²) < 4.78 is 5.55. The van der Waals surface area contributed by atoms with Gasteiger partial charge in [0.1, 0.15) is 10.8 Å². The summed E-state index contributed by atoms with van der Waals surface area (Å²) >= 11 is 6.20. The van der Waals surface area contributed by atoms with Crippen molar-refractivity contribution in [1.29, 1.82) is 0 Å². The molecule has 2 heterocycles. The maximum absolute atomic E-state index is 11.8. The second-order valence-corrected chi connectivity index (χ2v) is 6.07. The van der Waals surface area contributed by atoms with Crippen LogP contribution in [0.5, 0.6) is 5.88 Å². The molecule has 7 heteroatoms. The summed E-state index contributed by atoms with van der Waals surface area (Å²) in [5, 5.41) is 6.18. The van der Waals surface area contributed by atoms with E-state index in [1.165, 1.54) is 0 Å². The summed E-state index contributed by atoms with van der Waals surface area (Å²) in [4.78, 5) is 20.3. The summed E-state index contributed by atoms with van der Waals surface area (Å²) in [6, 6.07) is 5.22. The molecule has 2 N–H and O–H groups in total. The van der Waals surface area contributed by atoms with E-state index in [-0.39, 0.29) is 5.91 Å². The molecule has 0 atom stereocenters. The molecule has 0 radical (unpaired) electrons. The van der Waals surface area contributed by atoms with Gasteiger partial charge in [0.25, 0.3) is 5.91 Å². The predicted octanol–water partition coefficient (Wildman–Crippen LogP) is 3.14. The smallest absolute Gasteiger partial charge is 0.254 e. The molecule has 6 nitrogen and oxygen atoms in total. The van der Waals surface area contributed by atoms with Crippen LogP contribution in [-0.4, -0.2) is 29.5 Å². The van der Waals surface area contributed by atoms with Crippen molar-refractivity contribution in [3.63, 3.8) is 0 Å². The molecule has 0 bridgehead atoms. The zero-order valence-electron chi connectivity index (χ0n) is 14.0. The summed E-state index contributed by atoms with van der Waals surface area (Å²) in [5.74, 6) is 1.14. The molecule has 0 aromatic carbocycles. The van der Waals surface area contributed by atoms with Crippen LogP contribution in [0.15, 0.2) is 30.6 Å². The lowest BCUT2D eigenvalue weighted by Gasteiger charge is -2.12. The van der Waals surface area contributed by atoms with Crippen LogP contribution in [0.4, 0.5) is 5.82 Å². The number of carbonyl (C=O) groups is 1. The first-order valence-corrected chi connectivity index (χ1v) is 8.07. The fourth-order valence-electron chi connectivity index (χ4n) is 1.96. The van der Waals surface area contributed by atoms with E-state index in [0.29, 0.717) is 41.4 Å². The lowest BCUT2D eigenvalue weighted by atomic mass is 10.2. The summed E-state index contributed by atoms with van der Waals surface area (Å²) in [6.45, 7) is 5.12. The van der Waals surface area contributed by atoms with Crippen LogP contribution >= 0.6 is 11.6 Å². The molecule has 2 aromatic heterocycles. The molecule has 0 aliphatic heterocycles. The average molecular weight is 349 g/mol. The maximum atomic E-state index is 11.8. The van der Waals surface area contributed by atoms with Gasteiger partial charge in [0.05, 0.1) is 12.2 Å². The number of ether oxygens (including phenoxy) is 1. The fourth-order valence-corrected chi connectivity index (χ4v) is 2.21. The summed E-state index contributed by atoms with van der Waals surface area (Å²) in [5.41, 5.74) is 1.35. The molecule has 2 rings (SSSR count). The van der Waals surface area contributed by atoms with Gasteiger partial charge in [-0.15, -0.1) is 0 Å². The highest BCUT2D eigenvalue weighted by Gasteiger charge is 2.11. The Morgan fingerprint density at radius 3 is 2.83 bits per heavy atom. The quantitative estimate of drug-likeness (QED) is 0.804. The number of anilines is 1. The normalized spacial score (nSPS) is 10.5. The Morgan fingerprint density at radius 1 is 1.38 bits per heavy atom. The number of rotatable bonds is 7. The van der Waals surface area contributed by atoms with Crippen LogP contribution in [0, 0.1) is 5.92 Å². The van der Waals surface area contributed by atoms with Gasteiger partial charge in [-0.3, -0.25) is 4.79 Å². The van der Waals surface area contributed by atoms with Crippen molar-refractivity contribution < 1.29 is 9.53 Å². The Kier molecular flexibility index (Phi) is 6.37. The number of amides is 1. The van der Waals surface area contributed by atoms with Gasteiger partial charge in [0.2, 0.25) is 5.88 Å². The van der Waals surface area contributed by atoms with Gasteiger partial charge in [-0.05, 0) is 29.7 Å². The van der Waals surface area contributed by atoms with Crippen LogP contribution in [0.1, 0.15) is 29.8 Å². The molecule has 0 aliphatic carbocycles. The van der Waals surface area contributed by atoms with Gasteiger partial charge in [-0.25, -0.2) is 9.97 Å². The zero-order chi connectivity index (χ0) is 17.5. The van der Waals surface area contributed by atoms with Crippen LogP contribution in [0.25, 0.3) is 0 Å². The van der Waals surface area contributed by atoms with Crippen LogP contribution in [0.2, 0.25) is 5.02 Å². The van der Waals surface area contributed by atoms with Gasteiger partial charge in [0, 0.05) is 26.0 Å². The largest absolute Gasteiger partial charge is 0.476 e. The van der Waals surface area contributed by atoms with Gasteiger partial charge in [-0.2, -0.15) is 0 Å². The third-order valence-corrected chi connectivity index (χ3v) is 3.43. The van der Waals surface area contributed by atoms with Crippen molar-refractivity contribution in [3.05, 3.63) is 46.7 Å². The van der Waals surface area contributed by atoms with E-state index in [4.69, 9.17) is 16.3 Å². The minimum absolute atomic E-state index is 0.195. The second-order valence-electron chi connectivity index (χ2n) is 5.67. The Morgan fingerprint density at radius 2 is 2.17 bits per heavy atom. The van der Waals surface area contributed by atoms with Crippen molar-refractivity contribution in [2.45, 2.75) is 20.4 Å². The van der Waals surface area contributed by atoms with Crippen molar-refractivity contribution in [2.75, 3.05) is 19.0 Å². The van der Waals surface area contributed by atoms with E-state index >= 15 is 0 Å². The number of nitrogens with one attached hydrogen (secondary N) is 2. The number of aromatic nitrogens is 2. The number of halogens is 1. The molecule has 0 spiro atoms. The molecule has 2 aromatic rings. The van der Waals surface area contributed by atoms with E-state index in [0.717, 1.165) is 5.56 Å². The lowest BCUT2D eigenvalue weighted by molar-refractivity contribution is 0.0963. The first-order chi connectivity index (χ1) is 11.5. The van der Waals surface area contributed by atoms with Crippen LogP contribution in [0.3, 0.4) is 0 Å². The Hall–Kier alpha value is -2.34. The number of nitrogens with zero attached hydrogens (tertiary/aromatic N) is 2. The number of pyridine rings is 2. The molecular weight excluding hydrogens is 328 g/mol. The minimum Gasteiger partial charge on any atom is -0.476 e. The van der Waals surface area contributed by atoms with E-state index in [2.05, 4.69) is 34.4 Å². The van der Waals surface area contributed by atoms with E-state index in [9.17, 15) is 4.79 Å². The van der Waals surface area contributed by atoms with Crippen LogP contribution < -0.4 is 15.4 Å². The molecular formula is C17H21ClN4O2. The fraction of sp³-hybridized carbons (Fsp3) is 0.353. The third-order valence-electron chi connectivity index (χ3n) is 3.16. The Bertz CT molecular complexity index is 707. The molecule has 0 saturated heterocycles. The molecule has 1 amide bonds. The number of carbonyl (C=O) groups excluding carboxylic acids is 1. The zero-order valence-corrected chi connectivity index (χ0v) is 14.7. The third kappa shape index (κ3) is 4.83.